The molecule has 0 radical (unpaired) electrons. The Balaban J connectivity index is 1.62. The molecule has 0 fully saturated rings. The van der Waals surface area contributed by atoms with Crippen molar-refractivity contribution in [2.24, 2.45) is 17.3 Å². The number of fused-ring (bicyclic) bond motifs is 2. The first-order valence-corrected chi connectivity index (χ1v) is 10.00. The molecule has 2 aromatic rings. The highest BCUT2D eigenvalue weighted by Crippen LogP contribution is 2.40. The Hall–Kier alpha value is -2.19. The molecule has 4 rings (SSSR count). The van der Waals surface area contributed by atoms with Gasteiger partial charge in [-0.2, -0.15) is 0 Å². The Kier molecular flexibility index (Phi) is 4.77. The number of ether oxygens (including phenoxy) is 1. The minimum absolute atomic E-state index is 0.00255. The van der Waals surface area contributed by atoms with Crippen LogP contribution in [0, 0.1) is 17.3 Å². The first-order chi connectivity index (χ1) is 12.9. The predicted octanol–water partition coefficient (Wildman–Crippen LogP) is 5.90. The van der Waals surface area contributed by atoms with Crippen molar-refractivity contribution >= 4 is 10.9 Å². The SMILES string of the molecule is CC(C)C1=CC(C(C)(C)Cc2ccc3cccnc3c2)OC2C=CC=CC12. The van der Waals surface area contributed by atoms with E-state index in [1.54, 1.807) is 0 Å². The van der Waals surface area contributed by atoms with E-state index >= 15 is 0 Å². The lowest BCUT2D eigenvalue weighted by Gasteiger charge is -2.42. The summed E-state index contributed by atoms with van der Waals surface area (Å²) in [6.07, 6.45) is 14.2. The third-order valence-corrected chi connectivity index (χ3v) is 5.88. The summed E-state index contributed by atoms with van der Waals surface area (Å²) in [5.74, 6) is 0.910. The van der Waals surface area contributed by atoms with Gasteiger partial charge in [-0.15, -0.1) is 0 Å². The van der Waals surface area contributed by atoms with E-state index in [1.807, 2.05) is 12.3 Å². The topological polar surface area (TPSA) is 22.1 Å². The molecule has 3 unspecified atom stereocenters. The molecule has 0 bridgehead atoms. The molecule has 3 atom stereocenters. The van der Waals surface area contributed by atoms with Gasteiger partial charge in [0.1, 0.15) is 0 Å². The third kappa shape index (κ3) is 3.64. The van der Waals surface area contributed by atoms with Crippen LogP contribution in [0.4, 0.5) is 0 Å². The van der Waals surface area contributed by atoms with Crippen LogP contribution in [0.2, 0.25) is 0 Å². The maximum Gasteiger partial charge on any atom is 0.0867 e. The molecule has 1 aromatic carbocycles. The van der Waals surface area contributed by atoms with Crippen molar-refractivity contribution < 1.29 is 4.74 Å². The Labute approximate surface area is 162 Å². The summed E-state index contributed by atoms with van der Waals surface area (Å²) in [6.45, 7) is 9.22. The van der Waals surface area contributed by atoms with E-state index in [2.05, 4.69) is 87.3 Å². The quantitative estimate of drug-likeness (QED) is 0.635. The summed E-state index contributed by atoms with van der Waals surface area (Å²) in [5, 5.41) is 1.19. The van der Waals surface area contributed by atoms with Crippen LogP contribution in [0.5, 0.6) is 0 Å². The van der Waals surface area contributed by atoms with Gasteiger partial charge in [0, 0.05) is 17.5 Å². The van der Waals surface area contributed by atoms with Gasteiger partial charge in [-0.05, 0) is 35.4 Å². The molecule has 2 heterocycles. The third-order valence-electron chi connectivity index (χ3n) is 5.88. The number of allylic oxidation sites excluding steroid dienone is 2. The van der Waals surface area contributed by atoms with Gasteiger partial charge in [0.15, 0.2) is 0 Å². The number of pyridine rings is 1. The summed E-state index contributed by atoms with van der Waals surface area (Å²) in [6, 6.07) is 10.7. The van der Waals surface area contributed by atoms with Gasteiger partial charge in [0.2, 0.25) is 0 Å². The van der Waals surface area contributed by atoms with Crippen molar-refractivity contribution in [1.82, 2.24) is 4.98 Å². The van der Waals surface area contributed by atoms with Gasteiger partial charge >= 0.3 is 0 Å². The summed E-state index contributed by atoms with van der Waals surface area (Å²) in [5.41, 5.74) is 3.89. The number of hydrogen-bond acceptors (Lipinski definition) is 2. The fraction of sp³-hybridized carbons (Fsp3) is 0.400. The predicted molar refractivity (Wildman–Crippen MR) is 113 cm³/mol. The van der Waals surface area contributed by atoms with Crippen LogP contribution in [-0.4, -0.2) is 17.2 Å². The smallest absolute Gasteiger partial charge is 0.0867 e. The zero-order valence-corrected chi connectivity index (χ0v) is 16.7. The molecule has 0 N–H and O–H groups in total. The Morgan fingerprint density at radius 2 is 1.93 bits per heavy atom. The summed E-state index contributed by atoms with van der Waals surface area (Å²) in [4.78, 5) is 4.51. The van der Waals surface area contributed by atoms with Crippen molar-refractivity contribution in [1.29, 1.82) is 0 Å². The lowest BCUT2D eigenvalue weighted by Crippen LogP contribution is -2.42. The van der Waals surface area contributed by atoms with Gasteiger partial charge in [-0.3, -0.25) is 4.98 Å². The zero-order valence-electron chi connectivity index (χ0n) is 16.7. The maximum absolute atomic E-state index is 6.57. The summed E-state index contributed by atoms with van der Waals surface area (Å²) in [7, 11) is 0. The fourth-order valence-corrected chi connectivity index (χ4v) is 4.35. The number of nitrogens with zero attached hydrogens (tertiary/aromatic N) is 1. The van der Waals surface area contributed by atoms with Crippen molar-refractivity contribution in [2.75, 3.05) is 0 Å². The number of benzene rings is 1. The molecular formula is C25H29NO. The van der Waals surface area contributed by atoms with Crippen molar-refractivity contribution in [3.8, 4) is 0 Å². The highest BCUT2D eigenvalue weighted by Gasteiger charge is 2.38. The molecule has 0 saturated carbocycles. The van der Waals surface area contributed by atoms with Crippen LogP contribution in [0.3, 0.4) is 0 Å². The van der Waals surface area contributed by atoms with Crippen LogP contribution in [0.15, 0.2) is 72.5 Å². The van der Waals surface area contributed by atoms with E-state index in [-0.39, 0.29) is 17.6 Å². The second-order valence-electron chi connectivity index (χ2n) is 8.83. The monoisotopic (exact) mass is 359 g/mol. The molecule has 27 heavy (non-hydrogen) atoms. The van der Waals surface area contributed by atoms with E-state index in [9.17, 15) is 0 Å². The highest BCUT2D eigenvalue weighted by atomic mass is 16.5. The summed E-state index contributed by atoms with van der Waals surface area (Å²) < 4.78 is 6.57. The molecular weight excluding hydrogens is 330 g/mol. The number of rotatable bonds is 4. The second-order valence-corrected chi connectivity index (χ2v) is 8.83. The second kappa shape index (κ2) is 7.09. The Bertz CT molecular complexity index is 919. The molecule has 1 aliphatic carbocycles. The first kappa shape index (κ1) is 18.2. The first-order valence-electron chi connectivity index (χ1n) is 10.00. The molecule has 0 saturated heterocycles. The van der Waals surface area contributed by atoms with Gasteiger partial charge in [0.25, 0.3) is 0 Å². The standard InChI is InChI=1S/C25H29NO/c1-17(2)21-15-24(27-23-10-6-5-9-20(21)23)25(3,4)16-18-11-12-19-8-7-13-26-22(19)14-18/h5-15,17,20,23-24H,16H2,1-4H3. The molecule has 140 valence electrons. The zero-order chi connectivity index (χ0) is 19.0. The average molecular weight is 360 g/mol. The Morgan fingerprint density at radius 1 is 1.11 bits per heavy atom. The Morgan fingerprint density at radius 3 is 2.74 bits per heavy atom. The van der Waals surface area contributed by atoms with Crippen LogP contribution in [0.1, 0.15) is 33.3 Å². The van der Waals surface area contributed by atoms with E-state index in [0.717, 1.165) is 11.9 Å². The van der Waals surface area contributed by atoms with E-state index in [4.69, 9.17) is 4.74 Å². The normalized spacial score (nSPS) is 24.9. The van der Waals surface area contributed by atoms with Crippen LogP contribution in [-0.2, 0) is 11.2 Å². The molecule has 0 amide bonds. The lowest BCUT2D eigenvalue weighted by atomic mass is 9.74. The van der Waals surface area contributed by atoms with Gasteiger partial charge in [0.05, 0.1) is 17.7 Å². The molecule has 1 aromatic heterocycles. The van der Waals surface area contributed by atoms with E-state index < -0.39 is 0 Å². The highest BCUT2D eigenvalue weighted by molar-refractivity contribution is 5.78. The fourth-order valence-electron chi connectivity index (χ4n) is 4.35. The van der Waals surface area contributed by atoms with Crippen LogP contribution >= 0.6 is 0 Å². The minimum Gasteiger partial charge on any atom is -0.365 e. The molecule has 2 heteroatoms. The lowest BCUT2D eigenvalue weighted by molar-refractivity contribution is -0.0484. The van der Waals surface area contributed by atoms with Crippen molar-refractivity contribution in [3.05, 3.63) is 78.0 Å². The van der Waals surface area contributed by atoms with E-state index in [1.165, 1.54) is 16.5 Å². The maximum atomic E-state index is 6.57. The van der Waals surface area contributed by atoms with Crippen molar-refractivity contribution in [2.45, 2.75) is 46.3 Å². The minimum atomic E-state index is 0.00255. The van der Waals surface area contributed by atoms with Gasteiger partial charge in [-0.25, -0.2) is 0 Å². The molecule has 2 aliphatic rings. The molecule has 1 aliphatic heterocycles. The van der Waals surface area contributed by atoms with Crippen LogP contribution in [0.25, 0.3) is 10.9 Å². The number of aromatic nitrogens is 1. The largest absolute Gasteiger partial charge is 0.365 e. The van der Waals surface area contributed by atoms with Gasteiger partial charge < -0.3 is 4.74 Å². The molecule has 2 nitrogen and oxygen atoms in total. The van der Waals surface area contributed by atoms with Crippen LogP contribution < -0.4 is 0 Å². The molecule has 0 spiro atoms. The van der Waals surface area contributed by atoms with Gasteiger partial charge in [-0.1, -0.05) is 81.8 Å². The summed E-state index contributed by atoms with van der Waals surface area (Å²) >= 11 is 0. The number of hydrogen-bond donors (Lipinski definition) is 0. The average Bonchev–Trinajstić information content (AvgIpc) is 2.66. The van der Waals surface area contributed by atoms with Crippen molar-refractivity contribution in [3.63, 3.8) is 0 Å². The van der Waals surface area contributed by atoms with E-state index in [0.29, 0.717) is 11.8 Å².